The predicted octanol–water partition coefficient (Wildman–Crippen LogP) is 5.55. The second-order valence-electron chi connectivity index (χ2n) is 6.43. The highest BCUT2D eigenvalue weighted by atomic mass is 79.9. The average molecular weight is 425 g/mol. The van der Waals surface area contributed by atoms with E-state index in [0.29, 0.717) is 11.9 Å². The number of hydrogen-bond donors (Lipinski definition) is 0. The van der Waals surface area contributed by atoms with Gasteiger partial charge in [-0.15, -0.1) is 11.3 Å². The van der Waals surface area contributed by atoms with Crippen molar-refractivity contribution in [2.45, 2.75) is 20.4 Å². The number of benzene rings is 2. The van der Waals surface area contributed by atoms with Crippen molar-refractivity contribution in [1.29, 1.82) is 0 Å². The summed E-state index contributed by atoms with van der Waals surface area (Å²) in [4.78, 5) is 18.4. The topological polar surface area (TPSA) is 34.9 Å². The van der Waals surface area contributed by atoms with Gasteiger partial charge in [0.1, 0.15) is 4.83 Å². The predicted molar refractivity (Wildman–Crippen MR) is 112 cm³/mol. The first-order valence-electron chi connectivity index (χ1n) is 8.31. The van der Waals surface area contributed by atoms with E-state index < -0.39 is 0 Å². The Labute approximate surface area is 164 Å². The molecule has 2 aromatic carbocycles. The number of rotatable bonds is 3. The van der Waals surface area contributed by atoms with Crippen LogP contribution < -0.4 is 5.56 Å². The van der Waals surface area contributed by atoms with Gasteiger partial charge in [0.2, 0.25) is 0 Å². The van der Waals surface area contributed by atoms with Crippen LogP contribution in [0.1, 0.15) is 16.7 Å². The Morgan fingerprint density at radius 3 is 2.58 bits per heavy atom. The zero-order valence-corrected chi connectivity index (χ0v) is 16.9. The molecule has 4 aromatic rings. The number of hydrogen-bond acceptors (Lipinski definition) is 3. The zero-order chi connectivity index (χ0) is 18.3. The Balaban J connectivity index is 1.82. The van der Waals surface area contributed by atoms with E-state index in [4.69, 9.17) is 0 Å². The van der Waals surface area contributed by atoms with Crippen LogP contribution in [0, 0.1) is 13.8 Å². The normalized spacial score (nSPS) is 11.2. The second-order valence-corrected chi connectivity index (χ2v) is 8.21. The molecular weight excluding hydrogens is 408 g/mol. The number of thiophene rings is 1. The molecule has 0 unspecified atom stereocenters. The molecule has 26 heavy (non-hydrogen) atoms. The van der Waals surface area contributed by atoms with E-state index in [1.807, 2.05) is 29.6 Å². The largest absolute Gasteiger partial charge is 0.294 e. The van der Waals surface area contributed by atoms with Gasteiger partial charge < -0.3 is 0 Å². The summed E-state index contributed by atoms with van der Waals surface area (Å²) < 4.78 is 2.71. The molecule has 2 heterocycles. The third kappa shape index (κ3) is 3.13. The lowest BCUT2D eigenvalue weighted by atomic mass is 10.0. The summed E-state index contributed by atoms with van der Waals surface area (Å²) >= 11 is 4.96. The maximum atomic E-state index is 13.1. The highest BCUT2D eigenvalue weighted by Crippen LogP contribution is 2.31. The first-order chi connectivity index (χ1) is 12.5. The summed E-state index contributed by atoms with van der Waals surface area (Å²) in [6, 6.07) is 14.3. The maximum absolute atomic E-state index is 13.1. The molecule has 4 rings (SSSR count). The molecule has 0 fully saturated rings. The number of fused-ring (bicyclic) bond motifs is 1. The Morgan fingerprint density at radius 2 is 1.85 bits per heavy atom. The van der Waals surface area contributed by atoms with Gasteiger partial charge in [0.25, 0.3) is 5.56 Å². The SMILES string of the molecule is Cc1ccc(-c2csc3ncn(Cc4ccc(Br)cc4)c(=O)c23)cc1C. The van der Waals surface area contributed by atoms with Crippen LogP contribution in [-0.2, 0) is 6.54 Å². The molecule has 0 radical (unpaired) electrons. The number of nitrogens with zero attached hydrogens (tertiary/aromatic N) is 2. The Kier molecular flexibility index (Phi) is 4.51. The smallest absolute Gasteiger partial charge is 0.263 e. The van der Waals surface area contributed by atoms with E-state index in [1.54, 1.807) is 10.9 Å². The van der Waals surface area contributed by atoms with Gasteiger partial charge in [-0.2, -0.15) is 0 Å². The van der Waals surface area contributed by atoms with Crippen LogP contribution in [-0.4, -0.2) is 9.55 Å². The van der Waals surface area contributed by atoms with E-state index in [1.165, 1.54) is 22.5 Å². The molecule has 0 bridgehead atoms. The fourth-order valence-electron chi connectivity index (χ4n) is 2.99. The van der Waals surface area contributed by atoms with Crippen LogP contribution >= 0.6 is 27.3 Å². The molecule has 0 atom stereocenters. The summed E-state index contributed by atoms with van der Waals surface area (Å²) in [6.07, 6.45) is 1.65. The number of aryl methyl sites for hydroxylation is 2. The van der Waals surface area contributed by atoms with Crippen LogP contribution in [0.4, 0.5) is 0 Å². The molecule has 130 valence electrons. The molecule has 0 spiro atoms. The summed E-state index contributed by atoms with van der Waals surface area (Å²) in [5.74, 6) is 0. The van der Waals surface area contributed by atoms with E-state index in [0.717, 1.165) is 26.0 Å². The van der Waals surface area contributed by atoms with Crippen LogP contribution in [0.15, 0.2) is 63.4 Å². The zero-order valence-electron chi connectivity index (χ0n) is 14.5. The van der Waals surface area contributed by atoms with Crippen LogP contribution in [0.25, 0.3) is 21.3 Å². The van der Waals surface area contributed by atoms with Gasteiger partial charge in [0.05, 0.1) is 18.3 Å². The fraction of sp³-hybridized carbons (Fsp3) is 0.143. The highest BCUT2D eigenvalue weighted by Gasteiger charge is 2.14. The minimum absolute atomic E-state index is 0.00685. The Morgan fingerprint density at radius 1 is 1.08 bits per heavy atom. The molecule has 0 aliphatic heterocycles. The average Bonchev–Trinajstić information content (AvgIpc) is 3.06. The molecule has 2 aromatic heterocycles. The van der Waals surface area contributed by atoms with E-state index in [2.05, 4.69) is 53.0 Å². The molecule has 0 N–H and O–H groups in total. The van der Waals surface area contributed by atoms with Crippen LogP contribution in [0.3, 0.4) is 0 Å². The maximum Gasteiger partial charge on any atom is 0.263 e. The van der Waals surface area contributed by atoms with E-state index in [-0.39, 0.29) is 5.56 Å². The monoisotopic (exact) mass is 424 g/mol. The van der Waals surface area contributed by atoms with E-state index in [9.17, 15) is 4.79 Å². The second kappa shape index (κ2) is 6.82. The van der Waals surface area contributed by atoms with Crippen molar-refractivity contribution in [1.82, 2.24) is 9.55 Å². The molecule has 0 aliphatic rings. The minimum atomic E-state index is 0.00685. The molecule has 5 heteroatoms. The van der Waals surface area contributed by atoms with Gasteiger partial charge in [0, 0.05) is 15.4 Å². The van der Waals surface area contributed by atoms with Gasteiger partial charge in [-0.25, -0.2) is 4.98 Å². The molecule has 3 nitrogen and oxygen atoms in total. The molecular formula is C21H17BrN2OS. The lowest BCUT2D eigenvalue weighted by Gasteiger charge is -2.08. The van der Waals surface area contributed by atoms with Crippen molar-refractivity contribution in [3.63, 3.8) is 0 Å². The van der Waals surface area contributed by atoms with Crippen molar-refractivity contribution in [2.75, 3.05) is 0 Å². The quantitative estimate of drug-likeness (QED) is 0.431. The Hall–Kier alpha value is -2.24. The van der Waals surface area contributed by atoms with Crippen molar-refractivity contribution in [2.24, 2.45) is 0 Å². The molecule has 0 amide bonds. The first kappa shape index (κ1) is 17.2. The minimum Gasteiger partial charge on any atom is -0.294 e. The highest BCUT2D eigenvalue weighted by molar-refractivity contribution is 9.10. The first-order valence-corrected chi connectivity index (χ1v) is 9.99. The van der Waals surface area contributed by atoms with Crippen LogP contribution in [0.2, 0.25) is 0 Å². The fourth-order valence-corrected chi connectivity index (χ4v) is 4.16. The number of halogens is 1. The molecule has 0 aliphatic carbocycles. The van der Waals surface area contributed by atoms with Gasteiger partial charge in [-0.1, -0.05) is 46.3 Å². The summed E-state index contributed by atoms with van der Waals surface area (Å²) in [5, 5.41) is 2.74. The summed E-state index contributed by atoms with van der Waals surface area (Å²) in [7, 11) is 0. The molecule has 0 saturated heterocycles. The Bertz CT molecular complexity index is 1160. The lowest BCUT2D eigenvalue weighted by Crippen LogP contribution is -2.20. The van der Waals surface area contributed by atoms with Crippen molar-refractivity contribution in [3.05, 3.63) is 85.7 Å². The van der Waals surface area contributed by atoms with Gasteiger partial charge >= 0.3 is 0 Å². The summed E-state index contributed by atoms with van der Waals surface area (Å²) in [6.45, 7) is 4.70. The third-order valence-electron chi connectivity index (χ3n) is 4.64. The standard InChI is InChI=1S/C21H17BrN2OS/c1-13-3-6-16(9-14(13)2)18-11-26-20-19(18)21(25)24(12-23-20)10-15-4-7-17(22)8-5-15/h3-9,11-12H,10H2,1-2H3. The van der Waals surface area contributed by atoms with E-state index >= 15 is 0 Å². The summed E-state index contributed by atoms with van der Waals surface area (Å²) in [5.41, 5.74) is 5.59. The van der Waals surface area contributed by atoms with Gasteiger partial charge in [-0.3, -0.25) is 9.36 Å². The van der Waals surface area contributed by atoms with Crippen molar-refractivity contribution < 1.29 is 0 Å². The lowest BCUT2D eigenvalue weighted by molar-refractivity contribution is 0.749. The van der Waals surface area contributed by atoms with Gasteiger partial charge in [0.15, 0.2) is 0 Å². The van der Waals surface area contributed by atoms with Crippen LogP contribution in [0.5, 0.6) is 0 Å². The van der Waals surface area contributed by atoms with Crippen molar-refractivity contribution >= 4 is 37.5 Å². The molecule has 0 saturated carbocycles. The van der Waals surface area contributed by atoms with Gasteiger partial charge in [-0.05, 0) is 48.2 Å². The third-order valence-corrected chi connectivity index (χ3v) is 6.06. The van der Waals surface area contributed by atoms with Crippen molar-refractivity contribution in [3.8, 4) is 11.1 Å². The number of aromatic nitrogens is 2.